The molecule has 0 bridgehead atoms. The lowest BCUT2D eigenvalue weighted by Crippen LogP contribution is -2.64. The molecule has 0 unspecified atom stereocenters. The molecule has 2 aliphatic heterocycles. The van der Waals surface area contributed by atoms with E-state index < -0.39 is 16.9 Å². The molecule has 2 aliphatic rings. The number of aliphatic carboxylic acids is 1. The minimum absolute atomic E-state index is 0.460. The highest BCUT2D eigenvalue weighted by atomic mass is 16.4. The lowest BCUT2D eigenvalue weighted by atomic mass is 9.59. The van der Waals surface area contributed by atoms with Crippen molar-refractivity contribution < 1.29 is 9.90 Å². The number of aromatic nitrogens is 1. The molecule has 4 rings (SSSR count). The molecule has 2 N–H and O–H groups in total. The Hall–Kier alpha value is -1.81. The molecule has 4 heteroatoms. The SMILES string of the molecule is CC[C@]1(C(=O)O)CCCN2CCc3c([nH]c4ccccc34)[C@]21C. The van der Waals surface area contributed by atoms with Crippen molar-refractivity contribution in [1.82, 2.24) is 9.88 Å². The van der Waals surface area contributed by atoms with Gasteiger partial charge >= 0.3 is 5.97 Å². The van der Waals surface area contributed by atoms with E-state index in [0.29, 0.717) is 6.42 Å². The number of carboxylic acid groups (broad SMARTS) is 1. The first-order valence-corrected chi connectivity index (χ1v) is 8.63. The van der Waals surface area contributed by atoms with Crippen LogP contribution < -0.4 is 0 Å². The van der Waals surface area contributed by atoms with Crippen LogP contribution in [0.5, 0.6) is 0 Å². The number of nitrogens with zero attached hydrogens (tertiary/aromatic N) is 1. The Labute approximate surface area is 136 Å². The molecule has 1 saturated heterocycles. The van der Waals surface area contributed by atoms with Gasteiger partial charge in [-0.1, -0.05) is 25.1 Å². The van der Waals surface area contributed by atoms with Gasteiger partial charge in [0.1, 0.15) is 0 Å². The summed E-state index contributed by atoms with van der Waals surface area (Å²) in [6, 6.07) is 8.35. The zero-order valence-electron chi connectivity index (χ0n) is 13.9. The standard InChI is InChI=1S/C19H24N2O2/c1-3-19(17(22)23)10-6-11-21-12-9-14-13-7-4-5-8-15(13)20-16(14)18(19,21)2/h4-5,7-8,20H,3,6,9-12H2,1-2H3,(H,22,23)/t18-,19+/m0/s1. The lowest BCUT2D eigenvalue weighted by molar-refractivity contribution is -0.170. The van der Waals surface area contributed by atoms with Gasteiger partial charge in [0.2, 0.25) is 0 Å². The Bertz CT molecular complexity index is 781. The van der Waals surface area contributed by atoms with Crippen LogP contribution in [0.4, 0.5) is 0 Å². The maximum absolute atomic E-state index is 12.4. The molecule has 2 aromatic rings. The van der Waals surface area contributed by atoms with E-state index in [4.69, 9.17) is 0 Å². The third-order valence-electron chi connectivity index (χ3n) is 6.54. The summed E-state index contributed by atoms with van der Waals surface area (Å²) < 4.78 is 0. The van der Waals surface area contributed by atoms with Crippen LogP contribution in [0.2, 0.25) is 0 Å². The van der Waals surface area contributed by atoms with Crippen molar-refractivity contribution in [3.63, 3.8) is 0 Å². The predicted molar refractivity (Wildman–Crippen MR) is 90.5 cm³/mol. The molecule has 1 aromatic heterocycles. The molecule has 0 radical (unpaired) electrons. The number of carbonyl (C=O) groups is 1. The normalized spacial score (nSPS) is 30.9. The van der Waals surface area contributed by atoms with E-state index in [2.05, 4.69) is 35.0 Å². The highest BCUT2D eigenvalue weighted by Gasteiger charge is 2.60. The third-order valence-corrected chi connectivity index (χ3v) is 6.54. The zero-order valence-corrected chi connectivity index (χ0v) is 13.9. The molecule has 1 aromatic carbocycles. The fourth-order valence-corrected chi connectivity index (χ4v) is 5.18. The maximum Gasteiger partial charge on any atom is 0.311 e. The summed E-state index contributed by atoms with van der Waals surface area (Å²) in [5.41, 5.74) is 2.40. The summed E-state index contributed by atoms with van der Waals surface area (Å²) in [4.78, 5) is 18.4. The van der Waals surface area contributed by atoms with E-state index >= 15 is 0 Å². The molecule has 3 heterocycles. The van der Waals surface area contributed by atoms with Crippen LogP contribution in [-0.4, -0.2) is 34.0 Å². The Morgan fingerprint density at radius 2 is 2.13 bits per heavy atom. The molecule has 1 fully saturated rings. The fraction of sp³-hybridized carbons (Fsp3) is 0.526. The predicted octanol–water partition coefficient (Wildman–Crippen LogP) is 3.52. The minimum Gasteiger partial charge on any atom is -0.481 e. The second-order valence-electron chi connectivity index (χ2n) is 7.18. The molecule has 4 nitrogen and oxygen atoms in total. The first kappa shape index (κ1) is 14.8. The smallest absolute Gasteiger partial charge is 0.311 e. The molecule has 0 aliphatic carbocycles. The highest BCUT2D eigenvalue weighted by Crippen LogP contribution is 2.55. The van der Waals surface area contributed by atoms with Gasteiger partial charge < -0.3 is 10.1 Å². The zero-order chi connectivity index (χ0) is 16.2. The molecule has 0 spiro atoms. The van der Waals surface area contributed by atoms with Crippen LogP contribution in [-0.2, 0) is 16.8 Å². The van der Waals surface area contributed by atoms with Crippen molar-refractivity contribution in [2.75, 3.05) is 13.1 Å². The molecule has 122 valence electrons. The molecular formula is C19H24N2O2. The van der Waals surface area contributed by atoms with Crippen molar-refractivity contribution in [3.8, 4) is 0 Å². The van der Waals surface area contributed by atoms with Crippen molar-refractivity contribution >= 4 is 16.9 Å². The van der Waals surface area contributed by atoms with Crippen LogP contribution in [0.25, 0.3) is 10.9 Å². The number of rotatable bonds is 2. The minimum atomic E-state index is -0.721. The quantitative estimate of drug-likeness (QED) is 0.892. The van der Waals surface area contributed by atoms with Crippen LogP contribution in [0.15, 0.2) is 24.3 Å². The van der Waals surface area contributed by atoms with Gasteiger partial charge in [0.15, 0.2) is 0 Å². The van der Waals surface area contributed by atoms with E-state index in [1.807, 2.05) is 13.0 Å². The van der Waals surface area contributed by atoms with Crippen molar-refractivity contribution in [2.45, 2.75) is 45.1 Å². The van der Waals surface area contributed by atoms with E-state index in [1.165, 1.54) is 10.9 Å². The van der Waals surface area contributed by atoms with Crippen molar-refractivity contribution in [2.24, 2.45) is 5.41 Å². The topological polar surface area (TPSA) is 56.3 Å². The summed E-state index contributed by atoms with van der Waals surface area (Å²) in [7, 11) is 0. The molecular weight excluding hydrogens is 288 g/mol. The number of nitrogens with one attached hydrogen (secondary N) is 1. The number of para-hydroxylation sites is 1. The number of piperidine rings is 1. The molecule has 0 saturated carbocycles. The Kier molecular flexibility index (Phi) is 3.11. The second-order valence-corrected chi connectivity index (χ2v) is 7.18. The summed E-state index contributed by atoms with van der Waals surface area (Å²) in [6.45, 7) is 6.11. The van der Waals surface area contributed by atoms with Crippen LogP contribution >= 0.6 is 0 Å². The Morgan fingerprint density at radius 1 is 1.35 bits per heavy atom. The Balaban J connectivity index is 2.02. The molecule has 23 heavy (non-hydrogen) atoms. The van der Waals surface area contributed by atoms with E-state index in [-0.39, 0.29) is 0 Å². The average Bonchev–Trinajstić information content (AvgIpc) is 2.94. The van der Waals surface area contributed by atoms with Gasteiger partial charge in [0.05, 0.1) is 11.0 Å². The Morgan fingerprint density at radius 3 is 2.87 bits per heavy atom. The number of fused-ring (bicyclic) bond motifs is 5. The first-order valence-electron chi connectivity index (χ1n) is 8.63. The lowest BCUT2D eigenvalue weighted by Gasteiger charge is -2.57. The van der Waals surface area contributed by atoms with Crippen molar-refractivity contribution in [1.29, 1.82) is 0 Å². The summed E-state index contributed by atoms with van der Waals surface area (Å²) in [6.07, 6.45) is 3.37. The highest BCUT2D eigenvalue weighted by molar-refractivity contribution is 5.86. The van der Waals surface area contributed by atoms with Gasteiger partial charge in [0.25, 0.3) is 0 Å². The van der Waals surface area contributed by atoms with Crippen LogP contribution in [0.3, 0.4) is 0 Å². The summed E-state index contributed by atoms with van der Waals surface area (Å²) in [5.74, 6) is -0.654. The number of aromatic amines is 1. The number of H-pyrrole nitrogens is 1. The van der Waals surface area contributed by atoms with E-state index in [1.54, 1.807) is 0 Å². The largest absolute Gasteiger partial charge is 0.481 e. The molecule has 2 atom stereocenters. The third kappa shape index (κ3) is 1.67. The van der Waals surface area contributed by atoms with Gasteiger partial charge in [0, 0.05) is 23.1 Å². The van der Waals surface area contributed by atoms with Gasteiger partial charge in [-0.05, 0) is 50.8 Å². The summed E-state index contributed by atoms with van der Waals surface area (Å²) in [5, 5.41) is 11.4. The van der Waals surface area contributed by atoms with E-state index in [9.17, 15) is 9.90 Å². The van der Waals surface area contributed by atoms with Crippen molar-refractivity contribution in [3.05, 3.63) is 35.5 Å². The summed E-state index contributed by atoms with van der Waals surface area (Å²) >= 11 is 0. The monoisotopic (exact) mass is 312 g/mol. The van der Waals surface area contributed by atoms with Gasteiger partial charge in [-0.3, -0.25) is 9.69 Å². The van der Waals surface area contributed by atoms with E-state index in [0.717, 1.165) is 43.6 Å². The fourth-order valence-electron chi connectivity index (χ4n) is 5.18. The van der Waals surface area contributed by atoms with Crippen LogP contribution in [0.1, 0.15) is 44.4 Å². The van der Waals surface area contributed by atoms with Gasteiger partial charge in [-0.25, -0.2) is 0 Å². The van der Waals surface area contributed by atoms with Crippen LogP contribution in [0, 0.1) is 5.41 Å². The maximum atomic E-state index is 12.4. The second kappa shape index (κ2) is 4.84. The number of benzene rings is 1. The number of carboxylic acids is 1. The molecule has 0 amide bonds. The number of hydrogen-bond acceptors (Lipinski definition) is 2. The van der Waals surface area contributed by atoms with Gasteiger partial charge in [-0.2, -0.15) is 0 Å². The average molecular weight is 312 g/mol. The first-order chi connectivity index (χ1) is 11.0. The number of hydrogen-bond donors (Lipinski definition) is 2. The van der Waals surface area contributed by atoms with Gasteiger partial charge in [-0.15, -0.1) is 0 Å².